The van der Waals surface area contributed by atoms with E-state index in [-0.39, 0.29) is 19.0 Å². The molecule has 1 unspecified atom stereocenters. The van der Waals surface area contributed by atoms with Gasteiger partial charge in [-0.1, -0.05) is 6.42 Å². The zero-order valence-corrected chi connectivity index (χ0v) is 18.5. The van der Waals surface area contributed by atoms with Crippen LogP contribution in [-0.2, 0) is 15.9 Å². The lowest BCUT2D eigenvalue weighted by Gasteiger charge is -2.48. The molecule has 1 aromatic carbocycles. The molecule has 30 heavy (non-hydrogen) atoms. The third-order valence-corrected chi connectivity index (χ3v) is 7.01. The fourth-order valence-electron chi connectivity index (χ4n) is 5.38. The van der Waals surface area contributed by atoms with E-state index in [9.17, 15) is 5.11 Å². The van der Waals surface area contributed by atoms with Crippen molar-refractivity contribution < 1.29 is 24.1 Å². The molecule has 0 bridgehead atoms. The van der Waals surface area contributed by atoms with E-state index < -0.39 is 0 Å². The summed E-state index contributed by atoms with van der Waals surface area (Å²) < 4.78 is 23.6. The van der Waals surface area contributed by atoms with Crippen LogP contribution in [0.2, 0.25) is 0 Å². The topological polar surface area (TPSA) is 60.4 Å². The molecule has 4 rings (SSSR count). The Hall–Kier alpha value is -1.34. The van der Waals surface area contributed by atoms with Gasteiger partial charge in [0.2, 0.25) is 0 Å². The van der Waals surface area contributed by atoms with E-state index in [0.717, 1.165) is 76.1 Å². The first-order valence-corrected chi connectivity index (χ1v) is 11.6. The summed E-state index contributed by atoms with van der Waals surface area (Å²) in [6, 6.07) is 4.67. The van der Waals surface area contributed by atoms with Crippen LogP contribution in [0.4, 0.5) is 0 Å². The number of hydrogen-bond acceptors (Lipinski definition) is 6. The molecule has 0 aromatic heterocycles. The second-order valence-corrected chi connectivity index (χ2v) is 8.85. The molecule has 3 heterocycles. The zero-order chi connectivity index (χ0) is 20.9. The highest BCUT2D eigenvalue weighted by Gasteiger charge is 2.40. The Kier molecular flexibility index (Phi) is 7.52. The van der Waals surface area contributed by atoms with Crippen LogP contribution >= 0.6 is 0 Å². The van der Waals surface area contributed by atoms with Gasteiger partial charge in [-0.25, -0.2) is 0 Å². The van der Waals surface area contributed by atoms with E-state index in [4.69, 9.17) is 18.9 Å². The lowest BCUT2D eigenvalue weighted by Crippen LogP contribution is -2.49. The molecule has 0 saturated carbocycles. The van der Waals surface area contributed by atoms with Gasteiger partial charge in [-0.05, 0) is 74.1 Å². The minimum Gasteiger partial charge on any atom is -0.493 e. The summed E-state index contributed by atoms with van der Waals surface area (Å²) in [7, 11) is 3.40. The Bertz CT molecular complexity index is 690. The van der Waals surface area contributed by atoms with Gasteiger partial charge in [-0.15, -0.1) is 0 Å². The van der Waals surface area contributed by atoms with Gasteiger partial charge in [0, 0.05) is 32.3 Å². The van der Waals surface area contributed by atoms with Crippen molar-refractivity contribution in [2.75, 3.05) is 40.5 Å². The first kappa shape index (κ1) is 21.9. The molecule has 0 aliphatic carbocycles. The highest BCUT2D eigenvalue weighted by atomic mass is 16.7. The minimum absolute atomic E-state index is 0.0656. The zero-order valence-electron chi connectivity index (χ0n) is 18.5. The number of methoxy groups -OCH3 is 2. The third kappa shape index (κ3) is 4.77. The fourth-order valence-corrected chi connectivity index (χ4v) is 5.38. The van der Waals surface area contributed by atoms with Crippen LogP contribution in [0.5, 0.6) is 11.5 Å². The average molecular weight is 420 g/mol. The Morgan fingerprint density at radius 3 is 2.70 bits per heavy atom. The lowest BCUT2D eigenvalue weighted by atomic mass is 9.80. The molecular weight excluding hydrogens is 382 g/mol. The molecule has 168 valence electrons. The number of nitrogens with zero attached hydrogens (tertiary/aromatic N) is 1. The van der Waals surface area contributed by atoms with Crippen LogP contribution < -0.4 is 9.47 Å². The smallest absolute Gasteiger partial charge is 0.161 e. The Balaban J connectivity index is 1.55. The van der Waals surface area contributed by atoms with Gasteiger partial charge in [-0.2, -0.15) is 0 Å². The summed E-state index contributed by atoms with van der Waals surface area (Å²) in [4.78, 5) is 2.62. The number of piperidine rings is 1. The van der Waals surface area contributed by atoms with E-state index in [1.807, 2.05) is 0 Å². The molecule has 4 atom stereocenters. The summed E-state index contributed by atoms with van der Waals surface area (Å²) in [6.45, 7) is 3.19. The molecule has 0 amide bonds. The van der Waals surface area contributed by atoms with Crippen molar-refractivity contribution in [3.63, 3.8) is 0 Å². The maximum atomic E-state index is 9.23. The molecule has 6 heteroatoms. The summed E-state index contributed by atoms with van der Waals surface area (Å²) in [5, 5.41) is 9.23. The number of benzene rings is 1. The van der Waals surface area contributed by atoms with Crippen molar-refractivity contribution in [2.24, 2.45) is 5.92 Å². The fraction of sp³-hybridized carbons (Fsp3) is 0.750. The van der Waals surface area contributed by atoms with E-state index in [0.29, 0.717) is 12.0 Å². The normalized spacial score (nSPS) is 29.2. The standard InChI is InChI=1S/C24H37NO5/c1-27-22-13-17-9-10-25-16-18(7-3-5-11-26)21(30-24-8-4-6-12-29-24)15-20(25)19(17)14-23(22)28-2/h13-14,18,20-21,24,26H,3-12,15-16H2,1-2H3/t18-,20-,21-,24?/m1/s1. The molecule has 2 saturated heterocycles. The third-order valence-electron chi connectivity index (χ3n) is 7.01. The van der Waals surface area contributed by atoms with Crippen LogP contribution in [0.25, 0.3) is 0 Å². The number of rotatable bonds is 8. The molecule has 3 aliphatic rings. The number of aliphatic hydroxyl groups excluding tert-OH is 1. The van der Waals surface area contributed by atoms with E-state index in [1.54, 1.807) is 14.2 Å². The summed E-state index contributed by atoms with van der Waals surface area (Å²) in [5.74, 6) is 2.10. The van der Waals surface area contributed by atoms with E-state index in [1.165, 1.54) is 17.5 Å². The summed E-state index contributed by atoms with van der Waals surface area (Å²) in [5.41, 5.74) is 2.71. The van der Waals surface area contributed by atoms with Gasteiger partial charge in [0.05, 0.1) is 20.3 Å². The Labute approximate surface area is 180 Å². The largest absolute Gasteiger partial charge is 0.493 e. The van der Waals surface area contributed by atoms with Crippen molar-refractivity contribution in [3.05, 3.63) is 23.3 Å². The highest BCUT2D eigenvalue weighted by molar-refractivity contribution is 5.49. The quantitative estimate of drug-likeness (QED) is 0.649. The molecule has 1 N–H and O–H groups in total. The maximum Gasteiger partial charge on any atom is 0.161 e. The van der Waals surface area contributed by atoms with E-state index in [2.05, 4.69) is 17.0 Å². The predicted molar refractivity (Wildman–Crippen MR) is 115 cm³/mol. The number of aliphatic hydroxyl groups is 1. The molecule has 6 nitrogen and oxygen atoms in total. The first-order valence-electron chi connectivity index (χ1n) is 11.6. The van der Waals surface area contributed by atoms with Crippen molar-refractivity contribution in [1.82, 2.24) is 4.90 Å². The van der Waals surface area contributed by atoms with Crippen molar-refractivity contribution in [3.8, 4) is 11.5 Å². The monoisotopic (exact) mass is 419 g/mol. The van der Waals surface area contributed by atoms with Crippen molar-refractivity contribution in [2.45, 2.75) is 69.8 Å². The lowest BCUT2D eigenvalue weighted by molar-refractivity contribution is -0.212. The number of unbranched alkanes of at least 4 members (excludes halogenated alkanes) is 1. The number of fused-ring (bicyclic) bond motifs is 3. The van der Waals surface area contributed by atoms with Crippen molar-refractivity contribution >= 4 is 0 Å². The number of ether oxygens (including phenoxy) is 4. The summed E-state index contributed by atoms with van der Waals surface area (Å²) >= 11 is 0. The van der Waals surface area contributed by atoms with Crippen LogP contribution in [0, 0.1) is 5.92 Å². The first-order chi connectivity index (χ1) is 14.7. The molecular formula is C24H37NO5. The van der Waals surface area contributed by atoms with E-state index >= 15 is 0 Å². The van der Waals surface area contributed by atoms with Crippen LogP contribution in [0.1, 0.15) is 62.1 Å². The Morgan fingerprint density at radius 2 is 1.97 bits per heavy atom. The van der Waals surface area contributed by atoms with Gasteiger partial charge >= 0.3 is 0 Å². The van der Waals surface area contributed by atoms with Gasteiger partial charge in [-0.3, -0.25) is 4.90 Å². The van der Waals surface area contributed by atoms with Crippen LogP contribution in [-0.4, -0.2) is 62.9 Å². The second kappa shape index (κ2) is 10.3. The molecule has 3 aliphatic heterocycles. The van der Waals surface area contributed by atoms with Gasteiger partial charge < -0.3 is 24.1 Å². The van der Waals surface area contributed by atoms with Crippen LogP contribution in [0.15, 0.2) is 12.1 Å². The number of hydrogen-bond donors (Lipinski definition) is 1. The van der Waals surface area contributed by atoms with Crippen molar-refractivity contribution in [1.29, 1.82) is 0 Å². The van der Waals surface area contributed by atoms with Gasteiger partial charge in [0.25, 0.3) is 0 Å². The molecule has 2 fully saturated rings. The Morgan fingerprint density at radius 1 is 1.13 bits per heavy atom. The molecule has 0 radical (unpaired) electrons. The SMILES string of the molecule is COc1cc2c(cc1OC)[C@H]1C[C@@H](OC3CCCCO3)[C@H](CCCCO)CN1CC2. The molecule has 1 aromatic rings. The van der Waals surface area contributed by atoms with Crippen LogP contribution in [0.3, 0.4) is 0 Å². The highest BCUT2D eigenvalue weighted by Crippen LogP contribution is 2.44. The second-order valence-electron chi connectivity index (χ2n) is 8.85. The maximum absolute atomic E-state index is 9.23. The summed E-state index contributed by atoms with van der Waals surface area (Å²) in [6.07, 6.45) is 8.46. The predicted octanol–water partition coefficient (Wildman–Crippen LogP) is 3.70. The minimum atomic E-state index is -0.0656. The average Bonchev–Trinajstić information content (AvgIpc) is 2.79. The van der Waals surface area contributed by atoms with Gasteiger partial charge in [0.15, 0.2) is 17.8 Å². The molecule has 0 spiro atoms. The van der Waals surface area contributed by atoms with Gasteiger partial charge in [0.1, 0.15) is 0 Å².